The molecule has 1 N–H and O–H groups in total. The van der Waals surface area contributed by atoms with Crippen LogP contribution in [0.15, 0.2) is 42.7 Å². The average Bonchev–Trinajstić information content (AvgIpc) is 3.05. The fraction of sp³-hybridized carbons (Fsp3) is 0.188. The third kappa shape index (κ3) is 3.60. The number of halogens is 1. The van der Waals surface area contributed by atoms with Crippen LogP contribution >= 0.6 is 11.6 Å². The summed E-state index contributed by atoms with van der Waals surface area (Å²) in [5.41, 5.74) is 2.54. The molecule has 2 aromatic heterocycles. The van der Waals surface area contributed by atoms with Crippen LogP contribution in [-0.4, -0.2) is 25.5 Å². The highest BCUT2D eigenvalue weighted by atomic mass is 35.5. The van der Waals surface area contributed by atoms with Crippen molar-refractivity contribution in [2.24, 2.45) is 7.05 Å². The zero-order chi connectivity index (χ0) is 16.4. The Balaban J connectivity index is 1.70. The van der Waals surface area contributed by atoms with Crippen molar-refractivity contribution in [3.05, 3.63) is 64.6 Å². The first-order valence-corrected chi connectivity index (χ1v) is 7.48. The van der Waals surface area contributed by atoms with E-state index in [1.807, 2.05) is 18.3 Å². The van der Waals surface area contributed by atoms with E-state index in [1.165, 1.54) is 10.2 Å². The second kappa shape index (κ2) is 6.26. The molecule has 0 unspecified atom stereocenters. The normalized spacial score (nSPS) is 10.7. The summed E-state index contributed by atoms with van der Waals surface area (Å²) in [6.07, 6.45) is 3.39. The average molecular weight is 330 g/mol. The summed E-state index contributed by atoms with van der Waals surface area (Å²) in [6, 6.07) is 9.95. The number of nitrogens with zero attached hydrogens (tertiary/aromatic N) is 4. The molecule has 6 nitrogen and oxygen atoms in total. The van der Waals surface area contributed by atoms with Crippen molar-refractivity contribution < 1.29 is 4.79 Å². The predicted molar refractivity (Wildman–Crippen MR) is 88.7 cm³/mol. The van der Waals surface area contributed by atoms with E-state index in [0.717, 1.165) is 5.56 Å². The van der Waals surface area contributed by atoms with Crippen LogP contribution < -0.4 is 5.32 Å². The summed E-state index contributed by atoms with van der Waals surface area (Å²) in [6.45, 7) is 2.69. The summed E-state index contributed by atoms with van der Waals surface area (Å²) in [4.78, 5) is 12.1. The van der Waals surface area contributed by atoms with Crippen LogP contribution in [0.4, 0.5) is 5.82 Å². The molecule has 3 aromatic rings. The maximum Gasteiger partial charge on any atom is 0.278 e. The van der Waals surface area contributed by atoms with Crippen LogP contribution in [0.25, 0.3) is 0 Å². The first-order valence-electron chi connectivity index (χ1n) is 7.11. The second-order valence-electron chi connectivity index (χ2n) is 5.34. The van der Waals surface area contributed by atoms with E-state index in [-0.39, 0.29) is 11.6 Å². The van der Waals surface area contributed by atoms with Gasteiger partial charge in [-0.2, -0.15) is 10.2 Å². The SMILES string of the molecule is Cc1cccc(Cn2ccc(NC(=O)c3nn(C)cc3Cl)n2)c1. The molecular formula is C16H16ClN5O. The molecule has 7 heteroatoms. The van der Waals surface area contributed by atoms with Crippen molar-refractivity contribution in [3.8, 4) is 0 Å². The molecule has 0 atom stereocenters. The van der Waals surface area contributed by atoms with Gasteiger partial charge in [-0.25, -0.2) is 0 Å². The minimum atomic E-state index is -0.378. The van der Waals surface area contributed by atoms with Crippen molar-refractivity contribution in [3.63, 3.8) is 0 Å². The summed E-state index contributed by atoms with van der Waals surface area (Å²) >= 11 is 5.96. The molecule has 0 bridgehead atoms. The van der Waals surface area contributed by atoms with Gasteiger partial charge in [-0.05, 0) is 12.5 Å². The van der Waals surface area contributed by atoms with Gasteiger partial charge in [0, 0.05) is 25.5 Å². The van der Waals surface area contributed by atoms with E-state index >= 15 is 0 Å². The first kappa shape index (κ1) is 15.3. The minimum absolute atomic E-state index is 0.183. The largest absolute Gasteiger partial charge is 0.304 e. The van der Waals surface area contributed by atoms with Crippen molar-refractivity contribution in [1.29, 1.82) is 0 Å². The zero-order valence-electron chi connectivity index (χ0n) is 12.8. The Morgan fingerprint density at radius 1 is 1.30 bits per heavy atom. The summed E-state index contributed by atoms with van der Waals surface area (Å²) in [5.74, 6) is 0.0841. The number of hydrogen-bond donors (Lipinski definition) is 1. The minimum Gasteiger partial charge on any atom is -0.304 e. The van der Waals surface area contributed by atoms with Gasteiger partial charge in [0.2, 0.25) is 0 Å². The molecule has 1 aromatic carbocycles. The molecule has 0 saturated carbocycles. The number of aryl methyl sites for hydroxylation is 2. The Morgan fingerprint density at radius 3 is 2.83 bits per heavy atom. The third-order valence-electron chi connectivity index (χ3n) is 3.31. The molecule has 2 heterocycles. The van der Waals surface area contributed by atoms with Crippen molar-refractivity contribution in [2.45, 2.75) is 13.5 Å². The smallest absolute Gasteiger partial charge is 0.278 e. The molecule has 118 valence electrons. The number of hydrogen-bond acceptors (Lipinski definition) is 3. The van der Waals surface area contributed by atoms with Gasteiger partial charge in [-0.15, -0.1) is 0 Å². The Morgan fingerprint density at radius 2 is 2.13 bits per heavy atom. The molecule has 0 saturated heterocycles. The van der Waals surface area contributed by atoms with Crippen LogP contribution in [0.2, 0.25) is 5.02 Å². The highest BCUT2D eigenvalue weighted by Crippen LogP contribution is 2.15. The number of amides is 1. The van der Waals surface area contributed by atoms with Crippen molar-refractivity contribution in [2.75, 3.05) is 5.32 Å². The molecule has 0 fully saturated rings. The van der Waals surface area contributed by atoms with E-state index in [0.29, 0.717) is 17.4 Å². The summed E-state index contributed by atoms with van der Waals surface area (Å²) < 4.78 is 3.26. The van der Waals surface area contributed by atoms with E-state index in [2.05, 4.69) is 34.6 Å². The van der Waals surface area contributed by atoms with Gasteiger partial charge >= 0.3 is 0 Å². The quantitative estimate of drug-likeness (QED) is 0.800. The monoisotopic (exact) mass is 329 g/mol. The third-order valence-corrected chi connectivity index (χ3v) is 3.59. The number of carbonyl (C=O) groups excluding carboxylic acids is 1. The molecule has 23 heavy (non-hydrogen) atoms. The number of aromatic nitrogens is 4. The van der Waals surface area contributed by atoms with E-state index in [9.17, 15) is 4.79 Å². The Hall–Kier alpha value is -2.60. The Kier molecular flexibility index (Phi) is 4.16. The maximum atomic E-state index is 12.1. The zero-order valence-corrected chi connectivity index (χ0v) is 13.6. The number of anilines is 1. The maximum absolute atomic E-state index is 12.1. The number of benzene rings is 1. The first-order chi connectivity index (χ1) is 11.0. The van der Waals surface area contributed by atoms with E-state index < -0.39 is 0 Å². The molecule has 1 amide bonds. The lowest BCUT2D eigenvalue weighted by atomic mass is 10.1. The fourth-order valence-electron chi connectivity index (χ4n) is 2.30. The highest BCUT2D eigenvalue weighted by Gasteiger charge is 2.15. The number of carbonyl (C=O) groups is 1. The summed E-state index contributed by atoms with van der Waals surface area (Å²) in [7, 11) is 1.71. The molecule has 0 aliphatic rings. The number of rotatable bonds is 4. The predicted octanol–water partition coefficient (Wildman–Crippen LogP) is 2.88. The molecule has 0 aliphatic heterocycles. The van der Waals surface area contributed by atoms with Gasteiger partial charge in [-0.1, -0.05) is 41.4 Å². The van der Waals surface area contributed by atoms with Gasteiger partial charge in [0.25, 0.3) is 5.91 Å². The van der Waals surface area contributed by atoms with Gasteiger partial charge in [0.1, 0.15) is 0 Å². The van der Waals surface area contributed by atoms with Crippen molar-refractivity contribution in [1.82, 2.24) is 19.6 Å². The highest BCUT2D eigenvalue weighted by molar-refractivity contribution is 6.34. The standard InChI is InChI=1S/C16H16ClN5O/c1-11-4-3-5-12(8-11)9-22-7-6-14(19-22)18-16(23)15-13(17)10-21(2)20-15/h3-8,10H,9H2,1-2H3,(H,18,19,23). The van der Waals surface area contributed by atoms with Crippen LogP contribution in [0.5, 0.6) is 0 Å². The summed E-state index contributed by atoms with van der Waals surface area (Å²) in [5, 5.41) is 11.4. The van der Waals surface area contributed by atoms with Crippen LogP contribution in [0, 0.1) is 6.92 Å². The van der Waals surface area contributed by atoms with Gasteiger partial charge in [0.15, 0.2) is 11.5 Å². The van der Waals surface area contributed by atoms with Crippen LogP contribution in [0.3, 0.4) is 0 Å². The lowest BCUT2D eigenvalue weighted by Crippen LogP contribution is -2.14. The van der Waals surface area contributed by atoms with Gasteiger partial charge < -0.3 is 5.32 Å². The topological polar surface area (TPSA) is 64.7 Å². The Bertz CT molecular complexity index is 852. The lowest BCUT2D eigenvalue weighted by molar-refractivity contribution is 0.102. The fourth-order valence-corrected chi connectivity index (χ4v) is 2.57. The molecule has 3 rings (SSSR count). The number of nitrogens with one attached hydrogen (secondary N) is 1. The lowest BCUT2D eigenvalue weighted by Gasteiger charge is -2.03. The van der Waals surface area contributed by atoms with E-state index in [1.54, 1.807) is 24.0 Å². The van der Waals surface area contributed by atoms with Crippen molar-refractivity contribution >= 4 is 23.3 Å². The Labute approximate surface area is 138 Å². The molecule has 0 radical (unpaired) electrons. The molecule has 0 spiro atoms. The van der Waals surface area contributed by atoms with Crippen LogP contribution in [-0.2, 0) is 13.6 Å². The van der Waals surface area contributed by atoms with E-state index in [4.69, 9.17) is 11.6 Å². The van der Waals surface area contributed by atoms with Crippen LogP contribution in [0.1, 0.15) is 21.6 Å². The van der Waals surface area contributed by atoms with Gasteiger partial charge in [-0.3, -0.25) is 14.2 Å². The van der Waals surface area contributed by atoms with Gasteiger partial charge in [0.05, 0.1) is 11.6 Å². The second-order valence-corrected chi connectivity index (χ2v) is 5.75. The molecule has 0 aliphatic carbocycles. The molecular weight excluding hydrogens is 314 g/mol.